The number of nitrogens with zero attached hydrogens (tertiary/aromatic N) is 1. The zero-order valence-corrected chi connectivity index (χ0v) is 16.6. The Morgan fingerprint density at radius 1 is 1.25 bits per heavy atom. The molecule has 148 valence electrons. The fourth-order valence-corrected chi connectivity index (χ4v) is 4.72. The maximum atomic E-state index is 13.1. The number of carbonyl (C=O) groups excluding carboxylic acids is 1. The van der Waals surface area contributed by atoms with E-state index in [0.29, 0.717) is 12.2 Å². The number of hydrogen-bond acceptors (Lipinski definition) is 4. The molecule has 2 atom stereocenters. The quantitative estimate of drug-likeness (QED) is 0.858. The first-order valence-corrected chi connectivity index (χ1v) is 10.2. The summed E-state index contributed by atoms with van der Waals surface area (Å²) in [6.45, 7) is 6.21. The first-order chi connectivity index (χ1) is 13.7. The number of ether oxygens (including phenoxy) is 2. The normalized spacial score (nSPS) is 23.2. The second-order valence-electron chi connectivity index (χ2n) is 7.74. The fraction of sp³-hybridized carbons (Fsp3) is 0.478. The van der Waals surface area contributed by atoms with E-state index in [0.717, 1.165) is 49.3 Å². The van der Waals surface area contributed by atoms with E-state index in [1.807, 2.05) is 50.2 Å². The highest BCUT2D eigenvalue weighted by Crippen LogP contribution is 2.50. The summed E-state index contributed by atoms with van der Waals surface area (Å²) < 4.78 is 11.5. The van der Waals surface area contributed by atoms with E-state index < -0.39 is 0 Å². The predicted molar refractivity (Wildman–Crippen MR) is 108 cm³/mol. The minimum absolute atomic E-state index is 0.0103. The third-order valence-electron chi connectivity index (χ3n) is 6.40. The standard InChI is InChI=1S/C23H28N2O3/c1-3-28-21-15-20(23(21)10-13-27-14-11-23)25-22(26)18-8-6-7-17(16(18)2)19-9-4-5-12-24-19/h4-9,12,20-21H,3,10-11,13-15H2,1-2H3,(H,25,26). The average molecular weight is 380 g/mol. The van der Waals surface area contributed by atoms with E-state index >= 15 is 0 Å². The van der Waals surface area contributed by atoms with Crippen molar-refractivity contribution in [2.24, 2.45) is 5.41 Å². The lowest BCUT2D eigenvalue weighted by Crippen LogP contribution is -2.66. The van der Waals surface area contributed by atoms with E-state index in [-0.39, 0.29) is 23.5 Å². The van der Waals surface area contributed by atoms with Crippen molar-refractivity contribution in [3.63, 3.8) is 0 Å². The largest absolute Gasteiger partial charge is 0.381 e. The summed E-state index contributed by atoms with van der Waals surface area (Å²) in [5, 5.41) is 3.31. The van der Waals surface area contributed by atoms with Gasteiger partial charge in [0.25, 0.3) is 5.91 Å². The molecule has 4 rings (SSSR count). The monoisotopic (exact) mass is 380 g/mol. The number of rotatable bonds is 5. The van der Waals surface area contributed by atoms with Crippen LogP contribution in [0.15, 0.2) is 42.6 Å². The third-order valence-corrected chi connectivity index (χ3v) is 6.40. The van der Waals surface area contributed by atoms with Gasteiger partial charge in [-0.1, -0.05) is 18.2 Å². The van der Waals surface area contributed by atoms with Crippen molar-refractivity contribution in [2.45, 2.75) is 45.3 Å². The van der Waals surface area contributed by atoms with Gasteiger partial charge in [0, 0.05) is 48.6 Å². The van der Waals surface area contributed by atoms with Gasteiger partial charge >= 0.3 is 0 Å². The molecule has 2 aliphatic rings. The van der Waals surface area contributed by atoms with Crippen LogP contribution in [0.5, 0.6) is 0 Å². The number of hydrogen-bond donors (Lipinski definition) is 1. The Kier molecular flexibility index (Phi) is 5.47. The molecule has 1 saturated carbocycles. The molecule has 1 amide bonds. The lowest BCUT2D eigenvalue weighted by atomic mass is 9.57. The number of pyridine rings is 1. The maximum absolute atomic E-state index is 13.1. The van der Waals surface area contributed by atoms with Gasteiger partial charge < -0.3 is 14.8 Å². The Morgan fingerprint density at radius 2 is 2.07 bits per heavy atom. The Labute approximate surface area is 166 Å². The highest BCUT2D eigenvalue weighted by molar-refractivity contribution is 5.97. The molecule has 2 unspecified atom stereocenters. The Balaban J connectivity index is 1.54. The molecule has 1 N–H and O–H groups in total. The number of aromatic nitrogens is 1. The molecule has 1 saturated heterocycles. The van der Waals surface area contributed by atoms with Gasteiger partial charge in [-0.15, -0.1) is 0 Å². The zero-order chi connectivity index (χ0) is 19.6. The smallest absolute Gasteiger partial charge is 0.251 e. The number of amides is 1. The van der Waals surface area contributed by atoms with E-state index in [9.17, 15) is 4.79 Å². The van der Waals surface area contributed by atoms with Crippen LogP contribution in [0.3, 0.4) is 0 Å². The van der Waals surface area contributed by atoms with Crippen LogP contribution in [-0.2, 0) is 9.47 Å². The van der Waals surface area contributed by atoms with Gasteiger partial charge in [-0.2, -0.15) is 0 Å². The highest BCUT2D eigenvalue weighted by Gasteiger charge is 2.56. The lowest BCUT2D eigenvalue weighted by molar-refractivity contribution is -0.170. The zero-order valence-electron chi connectivity index (χ0n) is 16.6. The van der Waals surface area contributed by atoms with Gasteiger partial charge in [0.1, 0.15) is 0 Å². The van der Waals surface area contributed by atoms with E-state index in [4.69, 9.17) is 9.47 Å². The Morgan fingerprint density at radius 3 is 2.79 bits per heavy atom. The molecule has 5 heteroatoms. The second-order valence-corrected chi connectivity index (χ2v) is 7.74. The van der Waals surface area contributed by atoms with Crippen LogP contribution in [0.2, 0.25) is 0 Å². The summed E-state index contributed by atoms with van der Waals surface area (Å²) in [5.74, 6) is -0.0129. The molecule has 28 heavy (non-hydrogen) atoms. The molecule has 5 nitrogen and oxygen atoms in total. The number of carbonyl (C=O) groups is 1. The molecular weight excluding hydrogens is 352 g/mol. The van der Waals surface area contributed by atoms with Crippen molar-refractivity contribution in [1.82, 2.24) is 10.3 Å². The molecule has 1 aliphatic heterocycles. The number of benzene rings is 1. The summed E-state index contributed by atoms with van der Waals surface area (Å²) in [5.41, 5.74) is 3.56. The summed E-state index contributed by atoms with van der Waals surface area (Å²) in [4.78, 5) is 17.6. The van der Waals surface area contributed by atoms with Gasteiger partial charge in [0.15, 0.2) is 0 Å². The van der Waals surface area contributed by atoms with Gasteiger partial charge in [-0.25, -0.2) is 0 Å². The fourth-order valence-electron chi connectivity index (χ4n) is 4.72. The molecule has 0 bridgehead atoms. The van der Waals surface area contributed by atoms with Crippen molar-refractivity contribution in [3.8, 4) is 11.3 Å². The lowest BCUT2D eigenvalue weighted by Gasteiger charge is -2.57. The molecule has 2 aromatic rings. The van der Waals surface area contributed by atoms with Crippen LogP contribution in [0, 0.1) is 12.3 Å². The van der Waals surface area contributed by atoms with Crippen LogP contribution >= 0.6 is 0 Å². The highest BCUT2D eigenvalue weighted by atomic mass is 16.5. The minimum atomic E-state index is -0.0129. The molecule has 0 radical (unpaired) electrons. The van der Waals surface area contributed by atoms with Crippen LogP contribution in [0.25, 0.3) is 11.3 Å². The van der Waals surface area contributed by atoms with Crippen molar-refractivity contribution in [2.75, 3.05) is 19.8 Å². The molecule has 1 spiro atoms. The molecule has 2 heterocycles. The summed E-state index contributed by atoms with van der Waals surface area (Å²) >= 11 is 0. The molecule has 2 fully saturated rings. The molecular formula is C23H28N2O3. The third kappa shape index (κ3) is 3.33. The van der Waals surface area contributed by atoms with Crippen LogP contribution in [0.1, 0.15) is 42.1 Å². The van der Waals surface area contributed by atoms with E-state index in [2.05, 4.69) is 10.3 Å². The second kappa shape index (κ2) is 8.02. The first-order valence-electron chi connectivity index (χ1n) is 10.2. The first kappa shape index (κ1) is 19.1. The van der Waals surface area contributed by atoms with Gasteiger partial charge in [0.2, 0.25) is 0 Å². The molecule has 1 aromatic carbocycles. The Bertz CT molecular complexity index is 831. The van der Waals surface area contributed by atoms with Crippen LogP contribution < -0.4 is 5.32 Å². The molecule has 1 aromatic heterocycles. The SMILES string of the molecule is CCOC1CC(NC(=O)c2cccc(-c3ccccn3)c2C)C12CCOCC2. The van der Waals surface area contributed by atoms with Gasteiger partial charge in [-0.05, 0) is 56.9 Å². The van der Waals surface area contributed by atoms with Gasteiger partial charge in [-0.3, -0.25) is 9.78 Å². The van der Waals surface area contributed by atoms with Crippen LogP contribution in [-0.4, -0.2) is 42.9 Å². The minimum Gasteiger partial charge on any atom is -0.381 e. The summed E-state index contributed by atoms with van der Waals surface area (Å²) in [7, 11) is 0. The number of nitrogens with one attached hydrogen (secondary N) is 1. The van der Waals surface area contributed by atoms with Crippen molar-refractivity contribution >= 4 is 5.91 Å². The van der Waals surface area contributed by atoms with Crippen LogP contribution in [0.4, 0.5) is 0 Å². The average Bonchev–Trinajstić information content (AvgIpc) is 2.74. The van der Waals surface area contributed by atoms with Crippen molar-refractivity contribution in [3.05, 3.63) is 53.7 Å². The molecule has 1 aliphatic carbocycles. The topological polar surface area (TPSA) is 60.5 Å². The summed E-state index contributed by atoms with van der Waals surface area (Å²) in [6, 6.07) is 11.8. The van der Waals surface area contributed by atoms with Gasteiger partial charge in [0.05, 0.1) is 11.8 Å². The maximum Gasteiger partial charge on any atom is 0.251 e. The van der Waals surface area contributed by atoms with Crippen molar-refractivity contribution < 1.29 is 14.3 Å². The summed E-state index contributed by atoms with van der Waals surface area (Å²) in [6.07, 6.45) is 4.75. The van der Waals surface area contributed by atoms with E-state index in [1.54, 1.807) is 6.20 Å². The Hall–Kier alpha value is -2.24. The predicted octanol–water partition coefficient (Wildman–Crippen LogP) is 3.76. The van der Waals surface area contributed by atoms with E-state index in [1.165, 1.54) is 0 Å². The van der Waals surface area contributed by atoms with Crippen molar-refractivity contribution in [1.29, 1.82) is 0 Å².